The van der Waals surface area contributed by atoms with Crippen molar-refractivity contribution < 1.29 is 24.2 Å². The van der Waals surface area contributed by atoms with Crippen molar-refractivity contribution in [2.24, 2.45) is 5.10 Å². The Labute approximate surface area is 202 Å². The van der Waals surface area contributed by atoms with E-state index in [-0.39, 0.29) is 11.5 Å². The summed E-state index contributed by atoms with van der Waals surface area (Å²) in [7, 11) is 0. The molecule has 0 aliphatic carbocycles. The largest absolute Gasteiger partial charge is 0.490 e. The molecule has 2 aromatic rings. The lowest BCUT2D eigenvalue weighted by Crippen LogP contribution is -2.21. The third-order valence-electron chi connectivity index (χ3n) is 4.50. The number of aromatic carboxylic acids is 1. The fourth-order valence-corrected chi connectivity index (χ4v) is 3.98. The van der Waals surface area contributed by atoms with Gasteiger partial charge in [-0.05, 0) is 81.6 Å². The summed E-state index contributed by atoms with van der Waals surface area (Å²) in [5, 5.41) is 14.8. The third kappa shape index (κ3) is 4.78. The number of carbonyl (C=O) groups is 2. The van der Waals surface area contributed by atoms with E-state index in [0.717, 1.165) is 0 Å². The molecule has 166 valence electrons. The van der Waals surface area contributed by atoms with Gasteiger partial charge in [0, 0.05) is 4.47 Å². The Bertz CT molecular complexity index is 1160. The van der Waals surface area contributed by atoms with Crippen molar-refractivity contribution in [2.75, 3.05) is 18.2 Å². The molecular formula is C23H20Br2N2O5. The van der Waals surface area contributed by atoms with Crippen molar-refractivity contribution in [2.45, 2.75) is 13.8 Å². The zero-order valence-electron chi connectivity index (χ0n) is 17.4. The topological polar surface area (TPSA) is 88.4 Å². The Morgan fingerprint density at radius 3 is 2.66 bits per heavy atom. The monoisotopic (exact) mass is 562 g/mol. The van der Waals surface area contributed by atoms with E-state index in [2.05, 4.69) is 43.5 Å². The molecule has 0 radical (unpaired) electrons. The number of hydrogen-bond acceptors (Lipinski definition) is 5. The van der Waals surface area contributed by atoms with Crippen LogP contribution in [0.25, 0.3) is 6.08 Å². The highest BCUT2D eigenvalue weighted by Crippen LogP contribution is 2.44. The number of amides is 1. The predicted molar refractivity (Wildman–Crippen MR) is 131 cm³/mol. The van der Waals surface area contributed by atoms with Crippen molar-refractivity contribution in [3.63, 3.8) is 0 Å². The third-order valence-corrected chi connectivity index (χ3v) is 6.64. The molecule has 32 heavy (non-hydrogen) atoms. The highest BCUT2D eigenvalue weighted by molar-refractivity contribution is 9.13. The first kappa shape index (κ1) is 23.7. The summed E-state index contributed by atoms with van der Waals surface area (Å²) in [5.41, 5.74) is 2.01. The molecule has 1 aliphatic heterocycles. The van der Waals surface area contributed by atoms with Gasteiger partial charge in [0.15, 0.2) is 11.5 Å². The summed E-state index contributed by atoms with van der Waals surface area (Å²) in [4.78, 5) is 24.4. The molecule has 7 nitrogen and oxygen atoms in total. The quantitative estimate of drug-likeness (QED) is 0.330. The first-order valence-electron chi connectivity index (χ1n) is 9.62. The van der Waals surface area contributed by atoms with Crippen molar-refractivity contribution >= 4 is 61.2 Å². The predicted octanol–water partition coefficient (Wildman–Crippen LogP) is 5.68. The number of rotatable bonds is 8. The highest BCUT2D eigenvalue weighted by atomic mass is 79.9. The number of carboxylic acids is 1. The van der Waals surface area contributed by atoms with Crippen LogP contribution >= 0.6 is 31.9 Å². The molecule has 0 bridgehead atoms. The highest BCUT2D eigenvalue weighted by Gasteiger charge is 2.30. The number of ether oxygens (including phenoxy) is 2. The van der Waals surface area contributed by atoms with Crippen molar-refractivity contribution in [1.82, 2.24) is 0 Å². The summed E-state index contributed by atoms with van der Waals surface area (Å²) < 4.78 is 12.8. The standard InChI is InChI=1S/C23H20Br2N2O5/c1-4-9-32-21-18(31-5-2)12-15(19(24)20(21)25)11-17-13(3)26-27(22(17)28)16-8-6-7-14(10-16)23(29)30/h4,6-8,10-12H,1,5,9H2,2-3H3,(H,29,30). The maximum atomic E-state index is 13.1. The number of nitrogens with zero attached hydrogens (tertiary/aromatic N) is 2. The van der Waals surface area contributed by atoms with Crippen LogP contribution < -0.4 is 14.5 Å². The molecule has 1 amide bonds. The fraction of sp³-hybridized carbons (Fsp3) is 0.174. The zero-order chi connectivity index (χ0) is 23.4. The molecule has 0 aromatic heterocycles. The normalized spacial score (nSPS) is 14.5. The minimum Gasteiger partial charge on any atom is -0.490 e. The van der Waals surface area contributed by atoms with Gasteiger partial charge < -0.3 is 14.6 Å². The number of carboxylic acid groups (broad SMARTS) is 1. The second-order valence-electron chi connectivity index (χ2n) is 6.67. The van der Waals surface area contributed by atoms with Gasteiger partial charge in [-0.1, -0.05) is 18.7 Å². The Kier molecular flexibility index (Phi) is 7.52. The summed E-state index contributed by atoms with van der Waals surface area (Å²) in [6, 6.07) is 7.85. The van der Waals surface area contributed by atoms with Gasteiger partial charge in [-0.2, -0.15) is 10.1 Å². The molecule has 9 heteroatoms. The summed E-state index contributed by atoms with van der Waals surface area (Å²) in [6.07, 6.45) is 3.34. The van der Waals surface area contributed by atoms with E-state index in [1.54, 1.807) is 37.3 Å². The van der Waals surface area contributed by atoms with E-state index < -0.39 is 5.97 Å². The van der Waals surface area contributed by atoms with Gasteiger partial charge in [0.25, 0.3) is 5.91 Å². The van der Waals surface area contributed by atoms with Gasteiger partial charge in [0.2, 0.25) is 0 Å². The lowest BCUT2D eigenvalue weighted by molar-refractivity contribution is -0.114. The molecule has 0 fully saturated rings. The molecule has 1 heterocycles. The van der Waals surface area contributed by atoms with Crippen LogP contribution in [-0.2, 0) is 4.79 Å². The van der Waals surface area contributed by atoms with Crippen molar-refractivity contribution in [3.8, 4) is 11.5 Å². The molecule has 0 unspecified atom stereocenters. The molecule has 2 aromatic carbocycles. The second-order valence-corrected chi connectivity index (χ2v) is 8.26. The molecular weight excluding hydrogens is 544 g/mol. The van der Waals surface area contributed by atoms with Crippen LogP contribution in [0.5, 0.6) is 11.5 Å². The average Bonchev–Trinajstić information content (AvgIpc) is 3.05. The Morgan fingerprint density at radius 2 is 2.00 bits per heavy atom. The van der Waals surface area contributed by atoms with Gasteiger partial charge >= 0.3 is 5.97 Å². The van der Waals surface area contributed by atoms with Gasteiger partial charge in [0.1, 0.15) is 6.61 Å². The Balaban J connectivity index is 2.02. The minimum absolute atomic E-state index is 0.0729. The maximum Gasteiger partial charge on any atom is 0.335 e. The lowest BCUT2D eigenvalue weighted by Gasteiger charge is -2.16. The Hall–Kier alpha value is -2.91. The molecule has 0 saturated carbocycles. The molecule has 0 spiro atoms. The van der Waals surface area contributed by atoms with E-state index in [9.17, 15) is 14.7 Å². The van der Waals surface area contributed by atoms with Crippen molar-refractivity contribution in [3.05, 3.63) is 68.6 Å². The number of anilines is 1. The van der Waals surface area contributed by atoms with E-state index in [1.807, 2.05) is 6.92 Å². The minimum atomic E-state index is -1.08. The van der Waals surface area contributed by atoms with Gasteiger partial charge in [-0.3, -0.25) is 4.79 Å². The lowest BCUT2D eigenvalue weighted by atomic mass is 10.1. The maximum absolute atomic E-state index is 13.1. The second kappa shape index (κ2) is 10.1. The van der Waals surface area contributed by atoms with E-state index in [4.69, 9.17) is 9.47 Å². The number of halogens is 2. The smallest absolute Gasteiger partial charge is 0.335 e. The SMILES string of the molecule is C=CCOc1c(OCC)cc(C=C2C(=O)N(c3cccc(C(=O)O)c3)N=C2C)c(Br)c1Br. The van der Waals surface area contributed by atoms with Crippen LogP contribution in [0.3, 0.4) is 0 Å². The number of hydrazone groups is 1. The van der Waals surface area contributed by atoms with Crippen LogP contribution in [0.4, 0.5) is 5.69 Å². The van der Waals surface area contributed by atoms with Crippen LogP contribution in [-0.4, -0.2) is 35.9 Å². The number of benzene rings is 2. The van der Waals surface area contributed by atoms with E-state index in [0.29, 0.717) is 56.2 Å². The summed E-state index contributed by atoms with van der Waals surface area (Å²) >= 11 is 7.09. The van der Waals surface area contributed by atoms with Gasteiger partial charge in [-0.25, -0.2) is 4.79 Å². The van der Waals surface area contributed by atoms with Gasteiger partial charge in [0.05, 0.1) is 33.6 Å². The van der Waals surface area contributed by atoms with E-state index in [1.165, 1.54) is 17.1 Å². The molecule has 1 N–H and O–H groups in total. The zero-order valence-corrected chi connectivity index (χ0v) is 20.6. The molecule has 3 rings (SSSR count). The van der Waals surface area contributed by atoms with Crippen LogP contribution in [0.15, 0.2) is 62.6 Å². The van der Waals surface area contributed by atoms with Crippen LogP contribution in [0, 0.1) is 0 Å². The van der Waals surface area contributed by atoms with Crippen molar-refractivity contribution in [1.29, 1.82) is 0 Å². The van der Waals surface area contributed by atoms with Crippen LogP contribution in [0.2, 0.25) is 0 Å². The Morgan fingerprint density at radius 1 is 1.25 bits per heavy atom. The summed E-state index contributed by atoms with van der Waals surface area (Å²) in [6.45, 7) is 7.99. The average molecular weight is 564 g/mol. The first-order chi connectivity index (χ1) is 15.3. The van der Waals surface area contributed by atoms with Crippen LogP contribution in [0.1, 0.15) is 29.8 Å². The number of carbonyl (C=O) groups excluding carboxylic acids is 1. The fourth-order valence-electron chi connectivity index (χ4n) is 3.03. The number of hydrogen-bond donors (Lipinski definition) is 1. The molecule has 0 atom stereocenters. The molecule has 1 aliphatic rings. The van der Waals surface area contributed by atoms with Gasteiger partial charge in [-0.15, -0.1) is 0 Å². The van der Waals surface area contributed by atoms with E-state index >= 15 is 0 Å². The first-order valence-corrected chi connectivity index (χ1v) is 11.2. The summed E-state index contributed by atoms with van der Waals surface area (Å²) in [5.74, 6) is -0.401. The molecule has 0 saturated heterocycles.